The Balaban J connectivity index is 1.74. The summed E-state index contributed by atoms with van der Waals surface area (Å²) < 4.78 is 5.56. The Morgan fingerprint density at radius 3 is 2.36 bits per heavy atom. The van der Waals surface area contributed by atoms with Gasteiger partial charge in [-0.15, -0.1) is 0 Å². The van der Waals surface area contributed by atoms with Crippen LogP contribution < -0.4 is 5.32 Å². The maximum atomic E-state index is 10.1. The highest BCUT2D eigenvalue weighted by Crippen LogP contribution is 2.29. The second-order valence-corrected chi connectivity index (χ2v) is 6.31. The highest BCUT2D eigenvalue weighted by molar-refractivity contribution is 4.99. The fraction of sp³-hybridized carbons (Fsp3) is 1.00. The number of hydrogen-bond donors (Lipinski definition) is 5. The van der Waals surface area contributed by atoms with E-state index in [0.29, 0.717) is 0 Å². The summed E-state index contributed by atoms with van der Waals surface area (Å²) >= 11 is 0. The SMILES string of the molecule is CCCCCCCCNC1OC[C@@H]2[C@H](O)[C@H](O)[C@@H](O)[C@H](O)N12. The molecule has 0 bridgehead atoms. The molecule has 2 aliphatic rings. The van der Waals surface area contributed by atoms with E-state index >= 15 is 0 Å². The van der Waals surface area contributed by atoms with E-state index in [9.17, 15) is 20.4 Å². The maximum absolute atomic E-state index is 10.1. The lowest BCUT2D eigenvalue weighted by Gasteiger charge is -2.44. The molecule has 2 saturated heterocycles. The topological polar surface area (TPSA) is 105 Å². The first-order valence-electron chi connectivity index (χ1n) is 8.42. The van der Waals surface area contributed by atoms with Crippen LogP contribution in [0, 0.1) is 0 Å². The molecule has 6 atom stereocenters. The molecule has 0 aromatic rings. The van der Waals surface area contributed by atoms with E-state index < -0.39 is 36.9 Å². The second kappa shape index (κ2) is 8.54. The molecule has 5 N–H and O–H groups in total. The lowest BCUT2D eigenvalue weighted by Crippen LogP contribution is -2.67. The van der Waals surface area contributed by atoms with Crippen molar-refractivity contribution in [3.8, 4) is 0 Å². The van der Waals surface area contributed by atoms with Crippen molar-refractivity contribution < 1.29 is 25.2 Å². The van der Waals surface area contributed by atoms with Gasteiger partial charge in [-0.2, -0.15) is 0 Å². The molecular weight excluding hydrogens is 288 g/mol. The van der Waals surface area contributed by atoms with Crippen molar-refractivity contribution in [2.45, 2.75) is 82.4 Å². The van der Waals surface area contributed by atoms with Crippen LogP contribution in [0.1, 0.15) is 45.4 Å². The molecular formula is C15H30N2O5. The van der Waals surface area contributed by atoms with Crippen molar-refractivity contribution in [2.24, 2.45) is 0 Å². The van der Waals surface area contributed by atoms with Gasteiger partial charge in [-0.3, -0.25) is 5.32 Å². The van der Waals surface area contributed by atoms with Gasteiger partial charge in [0.1, 0.15) is 24.5 Å². The maximum Gasteiger partial charge on any atom is 0.168 e. The molecule has 130 valence electrons. The summed E-state index contributed by atoms with van der Waals surface area (Å²) in [7, 11) is 0. The molecule has 0 spiro atoms. The number of piperidine rings is 1. The molecule has 22 heavy (non-hydrogen) atoms. The fourth-order valence-corrected chi connectivity index (χ4v) is 3.22. The predicted octanol–water partition coefficient (Wildman–Crippen LogP) is -0.664. The van der Waals surface area contributed by atoms with Crippen LogP contribution in [0.15, 0.2) is 0 Å². The number of aliphatic hydroxyl groups is 4. The Hall–Kier alpha value is -0.280. The highest BCUT2D eigenvalue weighted by atomic mass is 16.5. The minimum atomic E-state index is -1.40. The summed E-state index contributed by atoms with van der Waals surface area (Å²) in [5.74, 6) is 0. The van der Waals surface area contributed by atoms with E-state index in [2.05, 4.69) is 12.2 Å². The van der Waals surface area contributed by atoms with E-state index in [-0.39, 0.29) is 6.61 Å². The van der Waals surface area contributed by atoms with Crippen molar-refractivity contribution in [2.75, 3.05) is 13.2 Å². The largest absolute Gasteiger partial charge is 0.389 e. The minimum absolute atomic E-state index is 0.218. The average Bonchev–Trinajstić information content (AvgIpc) is 2.94. The summed E-state index contributed by atoms with van der Waals surface area (Å²) in [4.78, 5) is 1.51. The van der Waals surface area contributed by atoms with E-state index in [1.54, 1.807) is 0 Å². The molecule has 0 saturated carbocycles. The quantitative estimate of drug-likeness (QED) is 0.378. The van der Waals surface area contributed by atoms with Gasteiger partial charge in [0.05, 0.1) is 12.6 Å². The molecule has 1 unspecified atom stereocenters. The van der Waals surface area contributed by atoms with Crippen LogP contribution in [0.2, 0.25) is 0 Å². The highest BCUT2D eigenvalue weighted by Gasteiger charge is 2.53. The number of nitrogens with zero attached hydrogens (tertiary/aromatic N) is 1. The zero-order valence-electron chi connectivity index (χ0n) is 13.3. The number of aliphatic hydroxyl groups excluding tert-OH is 4. The molecule has 2 rings (SSSR count). The standard InChI is InChI=1S/C15H30N2O5/c1-2-3-4-5-6-7-8-16-15-17-10(9-22-15)11(18)12(19)13(20)14(17)21/h10-16,18-21H,2-9H2,1H3/t10-,11+,12+,13-,14+,15?/m1/s1. The van der Waals surface area contributed by atoms with Gasteiger partial charge in [0, 0.05) is 0 Å². The van der Waals surface area contributed by atoms with Crippen LogP contribution in [0.3, 0.4) is 0 Å². The summed E-state index contributed by atoms with van der Waals surface area (Å²) in [6.07, 6.45) is 1.52. The summed E-state index contributed by atoms with van der Waals surface area (Å²) in [6.45, 7) is 3.16. The van der Waals surface area contributed by atoms with Crippen LogP contribution in [-0.2, 0) is 4.74 Å². The van der Waals surface area contributed by atoms with E-state index in [0.717, 1.165) is 19.4 Å². The van der Waals surface area contributed by atoms with Gasteiger partial charge in [-0.25, -0.2) is 4.90 Å². The Labute approximate surface area is 131 Å². The fourth-order valence-electron chi connectivity index (χ4n) is 3.22. The molecule has 7 heteroatoms. The molecule has 0 aliphatic carbocycles. The van der Waals surface area contributed by atoms with Crippen molar-refractivity contribution in [3.05, 3.63) is 0 Å². The van der Waals surface area contributed by atoms with E-state index in [4.69, 9.17) is 4.74 Å². The van der Waals surface area contributed by atoms with Crippen molar-refractivity contribution in [3.63, 3.8) is 0 Å². The van der Waals surface area contributed by atoms with Crippen LogP contribution >= 0.6 is 0 Å². The number of fused-ring (bicyclic) bond motifs is 1. The smallest absolute Gasteiger partial charge is 0.168 e. The van der Waals surface area contributed by atoms with Crippen LogP contribution in [0.4, 0.5) is 0 Å². The molecule has 0 aromatic carbocycles. The third-order valence-electron chi connectivity index (χ3n) is 4.63. The summed E-state index contributed by atoms with van der Waals surface area (Å²) in [6, 6.07) is -0.504. The lowest BCUT2D eigenvalue weighted by atomic mass is 9.94. The number of rotatable bonds is 8. The molecule has 0 radical (unpaired) electrons. The van der Waals surface area contributed by atoms with Crippen LogP contribution in [0.5, 0.6) is 0 Å². The van der Waals surface area contributed by atoms with Gasteiger partial charge in [0.25, 0.3) is 0 Å². The Kier molecular flexibility index (Phi) is 7.01. The van der Waals surface area contributed by atoms with Gasteiger partial charge >= 0.3 is 0 Å². The summed E-state index contributed by atoms with van der Waals surface area (Å²) in [5.41, 5.74) is 0. The molecule has 0 amide bonds. The first-order valence-corrected chi connectivity index (χ1v) is 8.42. The van der Waals surface area contributed by atoms with Crippen LogP contribution in [-0.4, -0.2) is 75.4 Å². The van der Waals surface area contributed by atoms with Crippen LogP contribution in [0.25, 0.3) is 0 Å². The molecule has 2 fully saturated rings. The first-order chi connectivity index (χ1) is 10.6. The van der Waals surface area contributed by atoms with Gasteiger partial charge in [-0.05, 0) is 13.0 Å². The third-order valence-corrected chi connectivity index (χ3v) is 4.63. The van der Waals surface area contributed by atoms with Gasteiger partial charge < -0.3 is 25.2 Å². The Bertz CT molecular complexity index is 333. The minimum Gasteiger partial charge on any atom is -0.389 e. The van der Waals surface area contributed by atoms with Gasteiger partial charge in [-0.1, -0.05) is 39.0 Å². The van der Waals surface area contributed by atoms with Gasteiger partial charge in [0.2, 0.25) is 0 Å². The predicted molar refractivity (Wildman–Crippen MR) is 80.8 cm³/mol. The van der Waals surface area contributed by atoms with Crippen molar-refractivity contribution in [1.29, 1.82) is 0 Å². The van der Waals surface area contributed by atoms with E-state index in [1.165, 1.54) is 30.6 Å². The third kappa shape index (κ3) is 3.97. The number of ether oxygens (including phenoxy) is 1. The second-order valence-electron chi connectivity index (χ2n) is 6.31. The monoisotopic (exact) mass is 318 g/mol. The lowest BCUT2D eigenvalue weighted by molar-refractivity contribution is -0.223. The molecule has 2 heterocycles. The first kappa shape index (κ1) is 18.1. The Morgan fingerprint density at radius 2 is 1.64 bits per heavy atom. The molecule has 0 aromatic heterocycles. The molecule has 2 aliphatic heterocycles. The average molecular weight is 318 g/mol. The normalized spacial score (nSPS) is 39.1. The number of nitrogens with one attached hydrogen (secondary N) is 1. The Morgan fingerprint density at radius 1 is 0.955 bits per heavy atom. The number of hydrogen-bond acceptors (Lipinski definition) is 7. The number of unbranched alkanes of at least 4 members (excludes halogenated alkanes) is 5. The van der Waals surface area contributed by atoms with Crippen molar-refractivity contribution in [1.82, 2.24) is 10.2 Å². The molecule has 7 nitrogen and oxygen atoms in total. The van der Waals surface area contributed by atoms with Gasteiger partial charge in [0.15, 0.2) is 6.35 Å². The van der Waals surface area contributed by atoms with Crippen molar-refractivity contribution >= 4 is 0 Å². The zero-order valence-corrected chi connectivity index (χ0v) is 13.3. The van der Waals surface area contributed by atoms with E-state index in [1.807, 2.05) is 0 Å². The summed E-state index contributed by atoms with van der Waals surface area (Å²) in [5, 5.41) is 42.8. The zero-order chi connectivity index (χ0) is 16.1.